The third-order valence-electron chi connectivity index (χ3n) is 4.66. The standard InChI is InChI=1S/C17H21F2N3O2S/c1-2-17-20-7-10-21(17)12-13-5-8-22(9-6-13)25(23,24)16-4-3-14(18)11-15(16)19/h3-4,7,10-11,13H,2,5-6,8-9,12H2,1H3. The molecule has 136 valence electrons. The molecule has 1 aromatic carbocycles. The van der Waals surface area contributed by atoms with E-state index in [4.69, 9.17) is 0 Å². The lowest BCUT2D eigenvalue weighted by atomic mass is 9.98. The third kappa shape index (κ3) is 3.74. The van der Waals surface area contributed by atoms with Crippen molar-refractivity contribution < 1.29 is 17.2 Å². The molecular formula is C17H21F2N3O2S. The smallest absolute Gasteiger partial charge is 0.245 e. The zero-order valence-corrected chi connectivity index (χ0v) is 14.8. The van der Waals surface area contributed by atoms with E-state index in [1.165, 1.54) is 4.31 Å². The number of aromatic nitrogens is 2. The predicted octanol–water partition coefficient (Wildman–Crippen LogP) is 2.82. The van der Waals surface area contributed by atoms with Crippen LogP contribution < -0.4 is 0 Å². The summed E-state index contributed by atoms with van der Waals surface area (Å²) in [6.45, 7) is 3.52. The average molecular weight is 369 g/mol. The molecule has 25 heavy (non-hydrogen) atoms. The number of nitrogens with zero attached hydrogens (tertiary/aromatic N) is 3. The van der Waals surface area contributed by atoms with Crippen molar-refractivity contribution in [1.29, 1.82) is 0 Å². The Kier molecular flexibility index (Phi) is 5.19. The van der Waals surface area contributed by atoms with Crippen molar-refractivity contribution in [2.24, 2.45) is 5.92 Å². The van der Waals surface area contributed by atoms with Crippen molar-refractivity contribution >= 4 is 10.0 Å². The fraction of sp³-hybridized carbons (Fsp3) is 0.471. The van der Waals surface area contributed by atoms with Crippen LogP contribution >= 0.6 is 0 Å². The molecule has 2 heterocycles. The van der Waals surface area contributed by atoms with Gasteiger partial charge in [-0.05, 0) is 30.9 Å². The molecule has 1 aliphatic rings. The molecule has 0 saturated carbocycles. The summed E-state index contributed by atoms with van der Waals surface area (Å²) in [6, 6.07) is 2.56. The number of imidazole rings is 1. The maximum absolute atomic E-state index is 13.9. The number of aryl methyl sites for hydroxylation is 1. The van der Waals surface area contributed by atoms with Gasteiger partial charge in [0.15, 0.2) is 0 Å². The fourth-order valence-electron chi connectivity index (χ4n) is 3.25. The first kappa shape index (κ1) is 18.0. The average Bonchev–Trinajstić information content (AvgIpc) is 3.02. The quantitative estimate of drug-likeness (QED) is 0.814. The normalized spacial score (nSPS) is 17.1. The Balaban J connectivity index is 1.67. The van der Waals surface area contributed by atoms with E-state index in [2.05, 4.69) is 9.55 Å². The van der Waals surface area contributed by atoms with Gasteiger partial charge in [-0.15, -0.1) is 0 Å². The van der Waals surface area contributed by atoms with Gasteiger partial charge in [0.25, 0.3) is 0 Å². The van der Waals surface area contributed by atoms with E-state index < -0.39 is 26.6 Å². The summed E-state index contributed by atoms with van der Waals surface area (Å²) < 4.78 is 55.4. The minimum atomic E-state index is -3.94. The van der Waals surface area contributed by atoms with Crippen molar-refractivity contribution in [1.82, 2.24) is 13.9 Å². The van der Waals surface area contributed by atoms with Gasteiger partial charge in [-0.25, -0.2) is 22.2 Å². The van der Waals surface area contributed by atoms with Crippen LogP contribution in [0.15, 0.2) is 35.5 Å². The van der Waals surface area contributed by atoms with Crippen LogP contribution in [-0.2, 0) is 23.0 Å². The first-order chi connectivity index (χ1) is 11.9. The molecule has 1 saturated heterocycles. The highest BCUT2D eigenvalue weighted by atomic mass is 32.2. The summed E-state index contributed by atoms with van der Waals surface area (Å²) in [5, 5.41) is 0. The lowest BCUT2D eigenvalue weighted by Crippen LogP contribution is -2.39. The molecule has 3 rings (SSSR count). The van der Waals surface area contributed by atoms with E-state index in [1.807, 2.05) is 13.1 Å². The predicted molar refractivity (Wildman–Crippen MR) is 89.4 cm³/mol. The number of benzene rings is 1. The van der Waals surface area contributed by atoms with Gasteiger partial charge in [0.1, 0.15) is 22.4 Å². The first-order valence-corrected chi connectivity index (χ1v) is 9.81. The third-order valence-corrected chi connectivity index (χ3v) is 6.59. The van der Waals surface area contributed by atoms with E-state index in [9.17, 15) is 17.2 Å². The summed E-state index contributed by atoms with van der Waals surface area (Å²) in [5.41, 5.74) is 0. The Morgan fingerprint density at radius 2 is 1.96 bits per heavy atom. The number of hydrogen-bond acceptors (Lipinski definition) is 3. The van der Waals surface area contributed by atoms with E-state index in [0.717, 1.165) is 30.9 Å². The fourth-order valence-corrected chi connectivity index (χ4v) is 4.77. The largest absolute Gasteiger partial charge is 0.335 e. The van der Waals surface area contributed by atoms with Crippen molar-refractivity contribution in [2.45, 2.75) is 37.6 Å². The molecule has 0 unspecified atom stereocenters. The Morgan fingerprint density at radius 1 is 1.24 bits per heavy atom. The Bertz CT molecular complexity index is 843. The summed E-state index contributed by atoms with van der Waals surface area (Å²) >= 11 is 0. The minimum absolute atomic E-state index is 0.333. The maximum Gasteiger partial charge on any atom is 0.245 e. The molecule has 0 radical (unpaired) electrons. The van der Waals surface area contributed by atoms with Crippen LogP contribution in [0, 0.1) is 17.6 Å². The molecule has 0 atom stereocenters. The molecule has 0 spiro atoms. The first-order valence-electron chi connectivity index (χ1n) is 8.37. The van der Waals surface area contributed by atoms with Gasteiger partial charge in [-0.1, -0.05) is 6.92 Å². The van der Waals surface area contributed by atoms with Crippen LogP contribution in [0.4, 0.5) is 8.78 Å². The molecular weight excluding hydrogens is 348 g/mol. The van der Waals surface area contributed by atoms with Gasteiger partial charge in [0.05, 0.1) is 0 Å². The monoisotopic (exact) mass is 369 g/mol. The molecule has 0 amide bonds. The van der Waals surface area contributed by atoms with Crippen LogP contribution in [0.5, 0.6) is 0 Å². The van der Waals surface area contributed by atoms with Crippen LogP contribution in [0.25, 0.3) is 0 Å². The molecule has 0 N–H and O–H groups in total. The molecule has 8 heteroatoms. The number of halogens is 2. The molecule has 2 aromatic rings. The lowest BCUT2D eigenvalue weighted by molar-refractivity contribution is 0.251. The molecule has 1 aliphatic heterocycles. The van der Waals surface area contributed by atoms with Crippen molar-refractivity contribution in [2.75, 3.05) is 13.1 Å². The Labute approximate surface area is 146 Å². The zero-order valence-electron chi connectivity index (χ0n) is 14.0. The van der Waals surface area contributed by atoms with Gasteiger partial charge >= 0.3 is 0 Å². The van der Waals surface area contributed by atoms with Crippen LogP contribution in [0.1, 0.15) is 25.6 Å². The van der Waals surface area contributed by atoms with Crippen molar-refractivity contribution in [3.8, 4) is 0 Å². The summed E-state index contributed by atoms with van der Waals surface area (Å²) in [4.78, 5) is 3.83. The van der Waals surface area contributed by atoms with Gasteiger partial charge in [-0.3, -0.25) is 0 Å². The Morgan fingerprint density at radius 3 is 2.60 bits per heavy atom. The van der Waals surface area contributed by atoms with Crippen LogP contribution in [0.2, 0.25) is 0 Å². The molecule has 0 aliphatic carbocycles. The second-order valence-electron chi connectivity index (χ2n) is 6.27. The van der Waals surface area contributed by atoms with Crippen molar-refractivity contribution in [3.63, 3.8) is 0 Å². The lowest BCUT2D eigenvalue weighted by Gasteiger charge is -2.31. The van der Waals surface area contributed by atoms with Gasteiger partial charge < -0.3 is 4.57 Å². The molecule has 1 aromatic heterocycles. The SMILES string of the molecule is CCc1nccn1CC1CCN(S(=O)(=O)c2ccc(F)cc2F)CC1. The second kappa shape index (κ2) is 7.21. The number of hydrogen-bond donors (Lipinski definition) is 0. The van der Waals surface area contributed by atoms with Gasteiger partial charge in [-0.2, -0.15) is 4.31 Å². The number of rotatable bonds is 5. The van der Waals surface area contributed by atoms with Gasteiger partial charge in [0, 0.05) is 44.5 Å². The van der Waals surface area contributed by atoms with Crippen LogP contribution in [-0.4, -0.2) is 35.4 Å². The highest BCUT2D eigenvalue weighted by Gasteiger charge is 2.31. The maximum atomic E-state index is 13.9. The molecule has 1 fully saturated rings. The van der Waals surface area contributed by atoms with E-state index in [-0.39, 0.29) is 0 Å². The zero-order chi connectivity index (χ0) is 18.0. The second-order valence-corrected chi connectivity index (χ2v) is 8.18. The Hall–Kier alpha value is -1.80. The molecule has 5 nitrogen and oxygen atoms in total. The number of piperidine rings is 1. The minimum Gasteiger partial charge on any atom is -0.335 e. The van der Waals surface area contributed by atoms with Gasteiger partial charge in [0.2, 0.25) is 10.0 Å². The van der Waals surface area contributed by atoms with E-state index >= 15 is 0 Å². The highest BCUT2D eigenvalue weighted by Crippen LogP contribution is 2.26. The van der Waals surface area contributed by atoms with Crippen LogP contribution in [0.3, 0.4) is 0 Å². The van der Waals surface area contributed by atoms with E-state index in [1.54, 1.807) is 6.20 Å². The van der Waals surface area contributed by atoms with E-state index in [0.29, 0.717) is 37.9 Å². The summed E-state index contributed by atoms with van der Waals surface area (Å²) in [7, 11) is -3.94. The summed E-state index contributed by atoms with van der Waals surface area (Å²) in [5.74, 6) is -0.470. The molecule has 0 bridgehead atoms. The number of sulfonamides is 1. The highest BCUT2D eigenvalue weighted by molar-refractivity contribution is 7.89. The summed E-state index contributed by atoms with van der Waals surface area (Å²) in [6.07, 6.45) is 5.96. The topological polar surface area (TPSA) is 55.2 Å². The van der Waals surface area contributed by atoms with Crippen molar-refractivity contribution in [3.05, 3.63) is 48.1 Å².